The minimum Gasteiger partial charge on any atom is -0.205 e. The van der Waals surface area contributed by atoms with Gasteiger partial charge in [-0.1, -0.05) is 90.9 Å². The van der Waals surface area contributed by atoms with Gasteiger partial charge in [0.25, 0.3) is 0 Å². The SMILES string of the molecule is CCCCCCCCCCCCCCc1cc[n+](CCCC)cc1. The van der Waals surface area contributed by atoms with Crippen molar-refractivity contribution in [2.45, 2.75) is 117 Å². The second-order valence-electron chi connectivity index (χ2n) is 7.44. The second kappa shape index (κ2) is 15.7. The van der Waals surface area contributed by atoms with E-state index in [1.54, 1.807) is 0 Å². The van der Waals surface area contributed by atoms with E-state index in [1.165, 1.54) is 102 Å². The number of nitrogens with zero attached hydrogens (tertiary/aromatic N) is 1. The molecule has 0 aliphatic carbocycles. The molecule has 0 aromatic carbocycles. The van der Waals surface area contributed by atoms with Crippen LogP contribution in [0.5, 0.6) is 0 Å². The molecule has 0 radical (unpaired) electrons. The van der Waals surface area contributed by atoms with Gasteiger partial charge >= 0.3 is 0 Å². The number of hydrogen-bond donors (Lipinski definition) is 0. The van der Waals surface area contributed by atoms with Crippen molar-refractivity contribution in [3.05, 3.63) is 30.1 Å². The Hall–Kier alpha value is -0.850. The van der Waals surface area contributed by atoms with Crippen LogP contribution in [0.2, 0.25) is 0 Å². The molecule has 0 amide bonds. The maximum atomic E-state index is 2.31. The third-order valence-electron chi connectivity index (χ3n) is 5.05. The molecule has 0 bridgehead atoms. The van der Waals surface area contributed by atoms with Crippen LogP contribution in [0.1, 0.15) is 109 Å². The van der Waals surface area contributed by atoms with Gasteiger partial charge in [-0.3, -0.25) is 0 Å². The Balaban J connectivity index is 1.89. The molecule has 24 heavy (non-hydrogen) atoms. The van der Waals surface area contributed by atoms with Gasteiger partial charge in [0, 0.05) is 18.6 Å². The van der Waals surface area contributed by atoms with Crippen LogP contribution in [-0.2, 0) is 13.0 Å². The Morgan fingerprint density at radius 2 is 1.04 bits per heavy atom. The lowest BCUT2D eigenvalue weighted by Gasteiger charge is -2.03. The molecule has 0 N–H and O–H groups in total. The highest BCUT2D eigenvalue weighted by atomic mass is 14.9. The summed E-state index contributed by atoms with van der Waals surface area (Å²) >= 11 is 0. The van der Waals surface area contributed by atoms with Crippen LogP contribution < -0.4 is 4.57 Å². The van der Waals surface area contributed by atoms with E-state index < -0.39 is 0 Å². The third-order valence-corrected chi connectivity index (χ3v) is 5.05. The summed E-state index contributed by atoms with van der Waals surface area (Å²) in [6.07, 6.45) is 25.5. The maximum absolute atomic E-state index is 2.31. The molecule has 0 fully saturated rings. The molecular formula is C23H42N+. The third kappa shape index (κ3) is 11.6. The van der Waals surface area contributed by atoms with E-state index in [-0.39, 0.29) is 0 Å². The van der Waals surface area contributed by atoms with E-state index >= 15 is 0 Å². The van der Waals surface area contributed by atoms with Gasteiger partial charge in [-0.05, 0) is 18.4 Å². The first-order valence-electron chi connectivity index (χ1n) is 10.8. The van der Waals surface area contributed by atoms with Crippen molar-refractivity contribution in [1.29, 1.82) is 0 Å². The molecule has 1 heteroatoms. The van der Waals surface area contributed by atoms with E-state index in [1.807, 2.05) is 0 Å². The number of hydrogen-bond acceptors (Lipinski definition) is 0. The van der Waals surface area contributed by atoms with Gasteiger partial charge in [-0.15, -0.1) is 0 Å². The zero-order valence-electron chi connectivity index (χ0n) is 16.6. The van der Waals surface area contributed by atoms with Crippen molar-refractivity contribution in [3.63, 3.8) is 0 Å². The zero-order chi connectivity index (χ0) is 17.3. The van der Waals surface area contributed by atoms with Crippen molar-refractivity contribution in [1.82, 2.24) is 0 Å². The first kappa shape index (κ1) is 21.2. The van der Waals surface area contributed by atoms with Crippen molar-refractivity contribution < 1.29 is 4.57 Å². The average Bonchev–Trinajstić information content (AvgIpc) is 2.62. The predicted molar refractivity (Wildman–Crippen MR) is 106 cm³/mol. The van der Waals surface area contributed by atoms with Crippen molar-refractivity contribution in [3.8, 4) is 0 Å². The van der Waals surface area contributed by atoms with E-state index in [0.29, 0.717) is 0 Å². The summed E-state index contributed by atoms with van der Waals surface area (Å²) in [5, 5.41) is 0. The average molecular weight is 333 g/mol. The summed E-state index contributed by atoms with van der Waals surface area (Å²) in [6.45, 7) is 5.71. The fraction of sp³-hybridized carbons (Fsp3) is 0.783. The molecule has 0 atom stereocenters. The fourth-order valence-electron chi connectivity index (χ4n) is 3.31. The maximum Gasteiger partial charge on any atom is 0.169 e. The molecule has 0 spiro atoms. The van der Waals surface area contributed by atoms with E-state index in [2.05, 4.69) is 42.9 Å². The predicted octanol–water partition coefficient (Wildman–Crippen LogP) is 7.02. The van der Waals surface area contributed by atoms with Gasteiger partial charge in [-0.2, -0.15) is 0 Å². The van der Waals surface area contributed by atoms with Crippen LogP contribution in [0.4, 0.5) is 0 Å². The Morgan fingerprint density at radius 3 is 1.54 bits per heavy atom. The van der Waals surface area contributed by atoms with Crippen LogP contribution in [0.15, 0.2) is 24.5 Å². The molecule has 1 aromatic heterocycles. The van der Waals surface area contributed by atoms with Gasteiger partial charge in [0.05, 0.1) is 0 Å². The summed E-state index contributed by atoms with van der Waals surface area (Å²) in [5.41, 5.74) is 1.51. The van der Waals surface area contributed by atoms with Gasteiger partial charge in [0.2, 0.25) is 0 Å². The summed E-state index contributed by atoms with van der Waals surface area (Å²) in [5.74, 6) is 0. The van der Waals surface area contributed by atoms with Crippen molar-refractivity contribution in [2.75, 3.05) is 0 Å². The standard InChI is InChI=1S/C23H42N/c1-3-5-7-8-9-10-11-12-13-14-15-16-17-23-18-21-24(22-19-23)20-6-4-2/h18-19,21-22H,3-17,20H2,1-2H3/q+1. The lowest BCUT2D eigenvalue weighted by molar-refractivity contribution is -0.697. The number of pyridine rings is 1. The van der Waals surface area contributed by atoms with E-state index in [0.717, 1.165) is 6.54 Å². The fourth-order valence-corrected chi connectivity index (χ4v) is 3.31. The van der Waals surface area contributed by atoms with E-state index in [4.69, 9.17) is 0 Å². The van der Waals surface area contributed by atoms with Crippen LogP contribution in [0.3, 0.4) is 0 Å². The Labute approximate surface area is 151 Å². The lowest BCUT2D eigenvalue weighted by Crippen LogP contribution is -2.32. The van der Waals surface area contributed by atoms with Gasteiger partial charge in [-0.25, -0.2) is 4.57 Å². The molecule has 0 unspecified atom stereocenters. The minimum atomic E-state index is 1.16. The summed E-state index contributed by atoms with van der Waals surface area (Å²) in [6, 6.07) is 4.63. The van der Waals surface area contributed by atoms with Gasteiger partial charge in [0.1, 0.15) is 6.54 Å². The molecule has 1 heterocycles. The van der Waals surface area contributed by atoms with Crippen molar-refractivity contribution >= 4 is 0 Å². The summed E-state index contributed by atoms with van der Waals surface area (Å²) in [7, 11) is 0. The number of aromatic nitrogens is 1. The number of aryl methyl sites for hydroxylation is 2. The molecule has 1 nitrogen and oxygen atoms in total. The molecule has 0 aliphatic rings. The minimum absolute atomic E-state index is 1.16. The number of unbranched alkanes of at least 4 members (excludes halogenated alkanes) is 12. The molecular weight excluding hydrogens is 290 g/mol. The highest BCUT2D eigenvalue weighted by Crippen LogP contribution is 2.13. The van der Waals surface area contributed by atoms with Crippen LogP contribution in [-0.4, -0.2) is 0 Å². The van der Waals surface area contributed by atoms with Crippen LogP contribution in [0.25, 0.3) is 0 Å². The quantitative estimate of drug-likeness (QED) is 0.226. The molecule has 0 aliphatic heterocycles. The topological polar surface area (TPSA) is 3.88 Å². The molecule has 0 saturated heterocycles. The Bertz CT molecular complexity index is 368. The largest absolute Gasteiger partial charge is 0.205 e. The molecule has 1 rings (SSSR count). The first-order valence-corrected chi connectivity index (χ1v) is 10.8. The Morgan fingerprint density at radius 1 is 0.583 bits per heavy atom. The van der Waals surface area contributed by atoms with Crippen LogP contribution >= 0.6 is 0 Å². The Kier molecular flexibility index (Phi) is 13.8. The first-order chi connectivity index (χ1) is 11.9. The molecule has 138 valence electrons. The van der Waals surface area contributed by atoms with E-state index in [9.17, 15) is 0 Å². The van der Waals surface area contributed by atoms with Gasteiger partial charge < -0.3 is 0 Å². The highest BCUT2D eigenvalue weighted by molar-refractivity contribution is 5.07. The molecule has 1 aromatic rings. The monoisotopic (exact) mass is 332 g/mol. The normalized spacial score (nSPS) is 11.1. The summed E-state index contributed by atoms with van der Waals surface area (Å²) in [4.78, 5) is 0. The lowest BCUT2D eigenvalue weighted by atomic mass is 10.0. The summed E-state index contributed by atoms with van der Waals surface area (Å²) < 4.78 is 2.31. The second-order valence-corrected chi connectivity index (χ2v) is 7.44. The van der Waals surface area contributed by atoms with Crippen molar-refractivity contribution in [2.24, 2.45) is 0 Å². The van der Waals surface area contributed by atoms with Crippen LogP contribution in [0, 0.1) is 0 Å². The molecule has 0 saturated carbocycles. The smallest absolute Gasteiger partial charge is 0.169 e. The van der Waals surface area contributed by atoms with Gasteiger partial charge in [0.15, 0.2) is 12.4 Å². The highest BCUT2D eigenvalue weighted by Gasteiger charge is 2.00. The zero-order valence-corrected chi connectivity index (χ0v) is 16.6. The number of rotatable bonds is 16.